The van der Waals surface area contributed by atoms with Crippen molar-refractivity contribution in [2.24, 2.45) is 0 Å². The van der Waals surface area contributed by atoms with E-state index in [-0.39, 0.29) is 12.2 Å². The number of hydrogen-bond acceptors (Lipinski definition) is 6. The minimum Gasteiger partial charge on any atom is -0.377 e. The average molecular weight is 242 g/mol. The fourth-order valence-electron chi connectivity index (χ4n) is 1.83. The second kappa shape index (κ2) is 4.90. The maximum atomic E-state index is 10.6. The molecule has 16 heavy (non-hydrogen) atoms. The highest BCUT2D eigenvalue weighted by Gasteiger charge is 2.34. The SMILES string of the molecule is COC1CN(c2ncc(C=O)s2)CC1OC. The first-order chi connectivity index (χ1) is 7.78. The number of aldehydes is 1. The molecule has 0 amide bonds. The van der Waals surface area contributed by atoms with Crippen molar-refractivity contribution in [3.05, 3.63) is 11.1 Å². The Bertz CT molecular complexity index is 357. The summed E-state index contributed by atoms with van der Waals surface area (Å²) in [6.45, 7) is 1.50. The van der Waals surface area contributed by atoms with Crippen molar-refractivity contribution in [1.29, 1.82) is 0 Å². The van der Waals surface area contributed by atoms with Crippen molar-refractivity contribution in [1.82, 2.24) is 4.98 Å². The van der Waals surface area contributed by atoms with E-state index in [1.54, 1.807) is 20.4 Å². The van der Waals surface area contributed by atoms with Crippen LogP contribution in [0.15, 0.2) is 6.20 Å². The quantitative estimate of drug-likeness (QED) is 0.731. The molecule has 88 valence electrons. The lowest BCUT2D eigenvalue weighted by Gasteiger charge is -2.13. The predicted octanol–water partition coefficient (Wildman–Crippen LogP) is 0.806. The van der Waals surface area contributed by atoms with Gasteiger partial charge in [-0.25, -0.2) is 4.98 Å². The summed E-state index contributed by atoms with van der Waals surface area (Å²) < 4.78 is 10.7. The molecule has 2 rings (SSSR count). The van der Waals surface area contributed by atoms with Gasteiger partial charge in [0.25, 0.3) is 0 Å². The van der Waals surface area contributed by atoms with Gasteiger partial charge in [0, 0.05) is 27.3 Å². The van der Waals surface area contributed by atoms with E-state index in [4.69, 9.17) is 9.47 Å². The lowest BCUT2D eigenvalue weighted by molar-refractivity contribution is -0.00461. The first kappa shape index (κ1) is 11.5. The molecule has 1 aromatic heterocycles. The topological polar surface area (TPSA) is 51.7 Å². The van der Waals surface area contributed by atoms with Crippen LogP contribution in [-0.2, 0) is 9.47 Å². The van der Waals surface area contributed by atoms with Crippen molar-refractivity contribution in [2.75, 3.05) is 32.2 Å². The number of methoxy groups -OCH3 is 2. The molecule has 1 aliphatic rings. The summed E-state index contributed by atoms with van der Waals surface area (Å²) in [6.07, 6.45) is 2.54. The van der Waals surface area contributed by atoms with Gasteiger partial charge in [-0.1, -0.05) is 11.3 Å². The molecule has 2 heterocycles. The molecular formula is C10H14N2O3S. The van der Waals surface area contributed by atoms with Gasteiger partial charge >= 0.3 is 0 Å². The van der Waals surface area contributed by atoms with Crippen LogP contribution >= 0.6 is 11.3 Å². The number of ether oxygens (including phenoxy) is 2. The lowest BCUT2D eigenvalue weighted by Crippen LogP contribution is -2.27. The number of hydrogen-bond donors (Lipinski definition) is 0. The van der Waals surface area contributed by atoms with E-state index in [2.05, 4.69) is 9.88 Å². The molecular weight excluding hydrogens is 228 g/mol. The Kier molecular flexibility index (Phi) is 3.52. The van der Waals surface area contributed by atoms with Crippen LogP contribution in [0.5, 0.6) is 0 Å². The number of nitrogens with zero attached hydrogens (tertiary/aromatic N) is 2. The standard InChI is InChI=1S/C10H14N2O3S/c1-14-8-4-12(5-9(8)15-2)10-11-3-7(6-13)16-10/h3,6,8-9H,4-5H2,1-2H3. The van der Waals surface area contributed by atoms with E-state index in [1.807, 2.05) is 0 Å². The third kappa shape index (κ3) is 2.09. The van der Waals surface area contributed by atoms with Crippen molar-refractivity contribution >= 4 is 22.8 Å². The molecule has 0 aliphatic carbocycles. The van der Waals surface area contributed by atoms with Crippen LogP contribution in [0, 0.1) is 0 Å². The van der Waals surface area contributed by atoms with E-state index >= 15 is 0 Å². The predicted molar refractivity (Wildman–Crippen MR) is 61.3 cm³/mol. The van der Waals surface area contributed by atoms with Crippen molar-refractivity contribution in [3.63, 3.8) is 0 Å². The molecule has 0 radical (unpaired) electrons. The number of carbonyl (C=O) groups excluding carboxylic acids is 1. The van der Waals surface area contributed by atoms with Gasteiger partial charge in [-0.05, 0) is 0 Å². The highest BCUT2D eigenvalue weighted by Crippen LogP contribution is 2.26. The lowest BCUT2D eigenvalue weighted by atomic mass is 10.3. The second-order valence-corrected chi connectivity index (χ2v) is 4.66. The van der Waals surface area contributed by atoms with Crippen LogP contribution in [0.1, 0.15) is 9.67 Å². The highest BCUT2D eigenvalue weighted by molar-refractivity contribution is 7.17. The summed E-state index contributed by atoms with van der Waals surface area (Å²) in [5, 5.41) is 0.851. The molecule has 1 fully saturated rings. The van der Waals surface area contributed by atoms with Gasteiger partial charge in [-0.2, -0.15) is 0 Å². The van der Waals surface area contributed by atoms with Crippen LogP contribution in [0.25, 0.3) is 0 Å². The third-order valence-corrected chi connectivity index (χ3v) is 3.70. The van der Waals surface area contributed by atoms with Crippen LogP contribution in [0.4, 0.5) is 5.13 Å². The Balaban J connectivity index is 2.09. The van der Waals surface area contributed by atoms with E-state index in [0.717, 1.165) is 24.5 Å². The fourth-order valence-corrected chi connectivity index (χ4v) is 2.58. The van der Waals surface area contributed by atoms with Gasteiger partial charge in [0.05, 0.1) is 11.1 Å². The van der Waals surface area contributed by atoms with Gasteiger partial charge in [-0.15, -0.1) is 0 Å². The summed E-state index contributed by atoms with van der Waals surface area (Å²) in [5.74, 6) is 0. The summed E-state index contributed by atoms with van der Waals surface area (Å²) in [7, 11) is 3.36. The number of rotatable bonds is 4. The Labute approximate surface area is 98.0 Å². The zero-order valence-corrected chi connectivity index (χ0v) is 10.1. The first-order valence-corrected chi connectivity index (χ1v) is 5.81. The molecule has 0 spiro atoms. The molecule has 2 atom stereocenters. The largest absolute Gasteiger partial charge is 0.377 e. The third-order valence-electron chi connectivity index (χ3n) is 2.72. The Morgan fingerprint density at radius 1 is 1.44 bits per heavy atom. The highest BCUT2D eigenvalue weighted by atomic mass is 32.1. The molecule has 1 saturated heterocycles. The summed E-state index contributed by atoms with van der Waals surface area (Å²) in [5.41, 5.74) is 0. The molecule has 0 aromatic carbocycles. The summed E-state index contributed by atoms with van der Waals surface area (Å²) >= 11 is 1.39. The normalized spacial score (nSPS) is 25.0. The zero-order chi connectivity index (χ0) is 11.5. The molecule has 1 aliphatic heterocycles. The van der Waals surface area contributed by atoms with E-state index in [9.17, 15) is 4.79 Å². The first-order valence-electron chi connectivity index (χ1n) is 5.00. The maximum absolute atomic E-state index is 10.6. The Morgan fingerprint density at radius 3 is 2.50 bits per heavy atom. The zero-order valence-electron chi connectivity index (χ0n) is 9.25. The number of anilines is 1. The fraction of sp³-hybridized carbons (Fsp3) is 0.600. The summed E-state index contributed by atoms with van der Waals surface area (Å²) in [6, 6.07) is 0. The smallest absolute Gasteiger partial charge is 0.186 e. The number of thiazole rings is 1. The number of carbonyl (C=O) groups is 1. The molecule has 2 unspecified atom stereocenters. The van der Waals surface area contributed by atoms with Crippen LogP contribution < -0.4 is 4.90 Å². The van der Waals surface area contributed by atoms with Crippen LogP contribution in [0.3, 0.4) is 0 Å². The molecule has 5 nitrogen and oxygen atoms in total. The second-order valence-electron chi connectivity index (χ2n) is 3.62. The van der Waals surface area contributed by atoms with Gasteiger partial charge < -0.3 is 14.4 Å². The molecule has 0 bridgehead atoms. The van der Waals surface area contributed by atoms with E-state index in [0.29, 0.717) is 4.88 Å². The molecule has 0 saturated carbocycles. The minimum absolute atomic E-state index is 0.0635. The molecule has 6 heteroatoms. The van der Waals surface area contributed by atoms with Crippen LogP contribution in [-0.4, -0.2) is 50.8 Å². The van der Waals surface area contributed by atoms with Crippen molar-refractivity contribution < 1.29 is 14.3 Å². The summed E-state index contributed by atoms with van der Waals surface area (Å²) in [4.78, 5) is 17.5. The van der Waals surface area contributed by atoms with Gasteiger partial charge in [0.1, 0.15) is 12.2 Å². The average Bonchev–Trinajstić information content (AvgIpc) is 2.94. The molecule has 1 aromatic rings. The van der Waals surface area contributed by atoms with Gasteiger partial charge in [0.15, 0.2) is 11.4 Å². The van der Waals surface area contributed by atoms with Crippen molar-refractivity contribution in [3.8, 4) is 0 Å². The van der Waals surface area contributed by atoms with E-state index < -0.39 is 0 Å². The van der Waals surface area contributed by atoms with Gasteiger partial charge in [0.2, 0.25) is 0 Å². The van der Waals surface area contributed by atoms with Gasteiger partial charge in [-0.3, -0.25) is 4.79 Å². The monoisotopic (exact) mass is 242 g/mol. The van der Waals surface area contributed by atoms with Crippen LogP contribution in [0.2, 0.25) is 0 Å². The molecule has 0 N–H and O–H groups in total. The van der Waals surface area contributed by atoms with E-state index in [1.165, 1.54) is 11.3 Å². The van der Waals surface area contributed by atoms with Crippen molar-refractivity contribution in [2.45, 2.75) is 12.2 Å². The Hall–Kier alpha value is -0.980. The maximum Gasteiger partial charge on any atom is 0.186 e. The Morgan fingerprint density at radius 2 is 2.06 bits per heavy atom. The minimum atomic E-state index is 0.0635. The number of aromatic nitrogens is 1.